The molecule has 0 fully saturated rings. The Balaban J connectivity index is 3.32. The molecule has 0 amide bonds. The van der Waals surface area contributed by atoms with E-state index in [1.54, 1.807) is 0 Å². The van der Waals surface area contributed by atoms with Crippen LogP contribution in [0.4, 0.5) is 0 Å². The van der Waals surface area contributed by atoms with Crippen molar-refractivity contribution >= 4 is 76.7 Å². The van der Waals surface area contributed by atoms with Crippen molar-refractivity contribution in [3.05, 3.63) is 0 Å². The fourth-order valence-electron chi connectivity index (χ4n) is 1.15. The van der Waals surface area contributed by atoms with Crippen molar-refractivity contribution in [1.82, 2.24) is 0 Å². The predicted molar refractivity (Wildman–Crippen MR) is 116 cm³/mol. The Morgan fingerprint density at radius 2 is 1.07 bits per heavy atom. The number of carbonyl (C=O) groups is 3. The highest BCUT2D eigenvalue weighted by atomic mass is 32.2. The summed E-state index contributed by atoms with van der Waals surface area (Å²) in [4.78, 5) is 43.8. The molecule has 0 aromatic carbocycles. The van der Waals surface area contributed by atoms with Crippen molar-refractivity contribution in [3.8, 4) is 0 Å². The molecule has 0 heterocycles. The average Bonchev–Trinajstić information content (AvgIpc) is 2.69. The van der Waals surface area contributed by atoms with Crippen molar-refractivity contribution in [3.63, 3.8) is 0 Å². The van der Waals surface area contributed by atoms with Crippen molar-refractivity contribution in [2.75, 3.05) is 65.3 Å². The topological polar surface area (TPSA) is 138 Å². The summed E-state index contributed by atoms with van der Waals surface area (Å²) < 4.78 is 14.5. The van der Waals surface area contributed by atoms with Gasteiger partial charge in [-0.2, -0.15) is 0 Å². The lowest BCUT2D eigenvalue weighted by Gasteiger charge is -2.06. The van der Waals surface area contributed by atoms with Crippen LogP contribution in [0, 0.1) is 0 Å². The fraction of sp³-hybridized carbons (Fsp3) is 0.786. The molecule has 0 aliphatic rings. The summed E-state index contributed by atoms with van der Waals surface area (Å²) in [5.41, 5.74) is 0. The lowest BCUT2D eigenvalue weighted by Crippen LogP contribution is -2.12. The molecule has 10 nitrogen and oxygen atoms in total. The number of esters is 3. The van der Waals surface area contributed by atoms with Gasteiger partial charge in [0, 0.05) is 5.75 Å². The van der Waals surface area contributed by atoms with Gasteiger partial charge in [-0.05, 0) is 0 Å². The van der Waals surface area contributed by atoms with Crippen LogP contribution in [-0.4, -0.2) is 93.4 Å². The maximum atomic E-state index is 11.5. The molecule has 0 aromatic heterocycles. The minimum Gasteiger partial charge on any atom is -0.454 e. The maximum absolute atomic E-state index is 11.5. The lowest BCUT2D eigenvalue weighted by molar-refractivity contribution is -0.274. The second-order valence-electron chi connectivity index (χ2n) is 4.38. The van der Waals surface area contributed by atoms with E-state index in [0.29, 0.717) is 5.75 Å². The molecule has 0 aliphatic carbocycles. The molecule has 170 valence electrons. The highest BCUT2D eigenvalue weighted by molar-refractivity contribution is 8.00. The number of rotatable bonds is 20. The van der Waals surface area contributed by atoms with Crippen molar-refractivity contribution in [2.45, 2.75) is 0 Å². The van der Waals surface area contributed by atoms with E-state index in [-0.39, 0.29) is 65.5 Å². The molecule has 29 heavy (non-hydrogen) atoms. The molecule has 0 radical (unpaired) electrons. The molecule has 0 spiro atoms. The van der Waals surface area contributed by atoms with Crippen molar-refractivity contribution in [1.29, 1.82) is 0 Å². The third-order valence-electron chi connectivity index (χ3n) is 2.28. The van der Waals surface area contributed by atoms with Crippen LogP contribution < -0.4 is 0 Å². The first kappa shape index (κ1) is 29.0. The fourth-order valence-corrected chi connectivity index (χ4v) is 3.33. The summed E-state index contributed by atoms with van der Waals surface area (Å²) in [5.74, 6) is -0.232. The van der Waals surface area contributed by atoms with E-state index < -0.39 is 11.9 Å². The van der Waals surface area contributed by atoms with Crippen LogP contribution in [-0.2, 0) is 38.4 Å². The van der Waals surface area contributed by atoms with Crippen LogP contribution in [0.5, 0.6) is 0 Å². The van der Waals surface area contributed by atoms with E-state index in [0.717, 1.165) is 35.3 Å². The Morgan fingerprint density at radius 3 is 1.59 bits per heavy atom. The summed E-state index contributed by atoms with van der Waals surface area (Å²) in [7, 11) is 0. The van der Waals surface area contributed by atoms with Gasteiger partial charge >= 0.3 is 17.9 Å². The van der Waals surface area contributed by atoms with Gasteiger partial charge in [0.05, 0.1) is 35.7 Å². The van der Waals surface area contributed by atoms with Gasteiger partial charge in [0.25, 0.3) is 0 Å². The Morgan fingerprint density at radius 1 is 0.586 bits per heavy atom. The van der Waals surface area contributed by atoms with Crippen LogP contribution in [0.2, 0.25) is 0 Å². The zero-order chi connectivity index (χ0) is 21.6. The lowest BCUT2D eigenvalue weighted by atomic mass is 10.8. The quantitative estimate of drug-likeness (QED) is 0.0597. The van der Waals surface area contributed by atoms with E-state index in [4.69, 9.17) is 34.2 Å². The minimum absolute atomic E-state index is 0.0263. The Hall–Kier alpha value is -0.000000000000000187. The standard InChI is InChI=1S/C14H24O10S5/c15-6-27-8-20-12(17)3-25-2-1-23-24-11-29-10-22-14(19)5-26-4-13(18)21-9-28-7-16/h15-16H,1-11H2. The van der Waals surface area contributed by atoms with Crippen LogP contribution >= 0.6 is 58.8 Å². The molecule has 0 rings (SSSR count). The van der Waals surface area contributed by atoms with Gasteiger partial charge in [-0.3, -0.25) is 14.4 Å². The van der Waals surface area contributed by atoms with Gasteiger partial charge in [0.2, 0.25) is 0 Å². The predicted octanol–water partition coefficient (Wildman–Crippen LogP) is 0.960. The molecule has 0 saturated carbocycles. The van der Waals surface area contributed by atoms with Crippen molar-refractivity contribution in [2.24, 2.45) is 0 Å². The molecule has 0 atom stereocenters. The Kier molecular flexibility index (Phi) is 22.7. The Bertz CT molecular complexity index is 443. The molecule has 15 heteroatoms. The average molecular weight is 513 g/mol. The first-order valence-corrected chi connectivity index (χ1v) is 13.7. The van der Waals surface area contributed by atoms with Gasteiger partial charge < -0.3 is 24.4 Å². The van der Waals surface area contributed by atoms with Gasteiger partial charge in [0.15, 0.2) is 0 Å². The number of hydrogen-bond donors (Lipinski definition) is 2. The van der Waals surface area contributed by atoms with E-state index in [1.807, 2.05) is 0 Å². The number of aliphatic hydroxyl groups is 2. The molecular weight excluding hydrogens is 488 g/mol. The summed E-state index contributed by atoms with van der Waals surface area (Å²) in [5, 5.41) is 17.1. The summed E-state index contributed by atoms with van der Waals surface area (Å²) in [6.07, 6.45) is 0. The second-order valence-corrected chi connectivity index (χ2v) is 9.15. The number of thioether (sulfide) groups is 5. The van der Waals surface area contributed by atoms with Gasteiger partial charge in [-0.1, -0.05) is 35.3 Å². The van der Waals surface area contributed by atoms with E-state index in [1.165, 1.54) is 23.5 Å². The van der Waals surface area contributed by atoms with Crippen LogP contribution in [0.25, 0.3) is 0 Å². The number of hydrogen-bond acceptors (Lipinski definition) is 15. The van der Waals surface area contributed by atoms with Crippen LogP contribution in [0.1, 0.15) is 0 Å². The number of ether oxygens (including phenoxy) is 3. The van der Waals surface area contributed by atoms with Crippen molar-refractivity contribution < 1.29 is 48.6 Å². The Labute approximate surface area is 190 Å². The van der Waals surface area contributed by atoms with Crippen LogP contribution in [0.15, 0.2) is 0 Å². The summed E-state index contributed by atoms with van der Waals surface area (Å²) in [6, 6.07) is 0. The SMILES string of the molecule is O=C(CSCCOOCSCOC(=O)CSCC(=O)OCSCO)OCSCO. The highest BCUT2D eigenvalue weighted by Gasteiger charge is 2.08. The van der Waals surface area contributed by atoms with Gasteiger partial charge in [-0.15, -0.1) is 23.5 Å². The molecule has 0 aliphatic heterocycles. The molecule has 0 aromatic rings. The zero-order valence-corrected chi connectivity index (χ0v) is 19.6. The van der Waals surface area contributed by atoms with Gasteiger partial charge in [-0.25, -0.2) is 9.78 Å². The maximum Gasteiger partial charge on any atom is 0.316 e. The molecule has 0 bridgehead atoms. The first-order valence-electron chi connectivity index (χ1n) is 7.91. The third-order valence-corrected chi connectivity index (χ3v) is 5.53. The van der Waals surface area contributed by atoms with E-state index in [2.05, 4.69) is 0 Å². The monoisotopic (exact) mass is 512 g/mol. The van der Waals surface area contributed by atoms with Crippen LogP contribution in [0.3, 0.4) is 0 Å². The third kappa shape index (κ3) is 22.5. The largest absolute Gasteiger partial charge is 0.454 e. The molecule has 0 saturated heterocycles. The number of carbonyl (C=O) groups excluding carboxylic acids is 3. The highest BCUT2D eigenvalue weighted by Crippen LogP contribution is 2.07. The zero-order valence-electron chi connectivity index (χ0n) is 15.5. The minimum atomic E-state index is -0.459. The summed E-state index contributed by atoms with van der Waals surface area (Å²) >= 11 is 5.77. The second kappa shape index (κ2) is 22.7. The summed E-state index contributed by atoms with van der Waals surface area (Å²) in [6.45, 7) is 0.285. The molecular formula is C14H24O10S5. The molecule has 2 N–H and O–H groups in total. The van der Waals surface area contributed by atoms with Gasteiger partial charge in [0.1, 0.15) is 23.8 Å². The van der Waals surface area contributed by atoms with E-state index in [9.17, 15) is 14.4 Å². The number of aliphatic hydroxyl groups excluding tert-OH is 2. The first-order chi connectivity index (χ1) is 14.1. The van der Waals surface area contributed by atoms with E-state index >= 15 is 0 Å². The smallest absolute Gasteiger partial charge is 0.316 e. The normalized spacial score (nSPS) is 10.6. The molecule has 0 unspecified atom stereocenters.